The number of benzene rings is 11. The Balaban J connectivity index is 0.000000146. The Morgan fingerprint density at radius 2 is 0.515 bits per heavy atom. The zero-order valence-electron chi connectivity index (χ0n) is 70.5. The molecule has 0 aliphatic carbocycles. The highest BCUT2D eigenvalue weighted by Crippen LogP contribution is 2.48. The number of terminal acetylenes is 1. The quantitative estimate of drug-likeness (QED) is 0.0153. The largest absolute Gasteiger partial charge is 0.497 e. The molecule has 0 atom stereocenters. The zero-order valence-corrected chi connectivity index (χ0v) is 75.4. The van der Waals surface area contributed by atoms with Gasteiger partial charge in [-0.2, -0.15) is 95.0 Å². The van der Waals surface area contributed by atoms with Crippen LogP contribution in [0.25, 0.3) is 68.5 Å². The summed E-state index contributed by atoms with van der Waals surface area (Å²) in [6.07, 6.45) is 7.16. The van der Waals surface area contributed by atoms with Gasteiger partial charge in [-0.15, -0.1) is 6.42 Å². The van der Waals surface area contributed by atoms with Crippen molar-refractivity contribution in [3.8, 4) is 98.4 Å². The molecule has 0 saturated carbocycles. The lowest BCUT2D eigenvalue weighted by Crippen LogP contribution is -2.06. The Morgan fingerprint density at radius 1 is 0.261 bits per heavy atom. The molecule has 18 rings (SSSR count). The molecule has 0 aliphatic heterocycles. The van der Waals surface area contributed by atoms with E-state index in [1.807, 2.05) is 261 Å². The highest BCUT2D eigenvalue weighted by molar-refractivity contribution is 8.77. The summed E-state index contributed by atoms with van der Waals surface area (Å²) in [7, 11) is 12.6. The maximum absolute atomic E-state index is 9.28. The molecule has 0 fully saturated rings. The van der Waals surface area contributed by atoms with Crippen molar-refractivity contribution in [3.05, 3.63) is 309 Å². The van der Waals surface area contributed by atoms with E-state index in [0.717, 1.165) is 91.5 Å². The van der Waals surface area contributed by atoms with Crippen LogP contribution in [-0.4, -0.2) is 109 Å². The van der Waals surface area contributed by atoms with Crippen LogP contribution in [0.3, 0.4) is 0 Å². The molecule has 11 aromatic carbocycles. The topological polar surface area (TPSA) is 515 Å². The van der Waals surface area contributed by atoms with Gasteiger partial charge in [-0.05, 0) is 133 Å². The summed E-state index contributed by atoms with van der Waals surface area (Å²) in [5, 5.41) is 29.0. The Bertz CT molecular complexity index is 6860. The third-order valence-corrected chi connectivity index (χ3v) is 26.0. The van der Waals surface area contributed by atoms with Crippen LogP contribution in [0.4, 0.5) is 106 Å². The number of nitrogen functional groups attached to an aromatic ring is 6. The van der Waals surface area contributed by atoms with E-state index in [4.69, 9.17) is 50.3 Å². The maximum Gasteiger partial charge on any atom is 0.232 e. The smallest absolute Gasteiger partial charge is 0.232 e. The van der Waals surface area contributed by atoms with Crippen LogP contribution in [0, 0.1) is 23.7 Å². The highest BCUT2D eigenvalue weighted by Gasteiger charge is 2.21. The van der Waals surface area contributed by atoms with Gasteiger partial charge < -0.3 is 75.8 Å². The second-order valence-electron chi connectivity index (χ2n) is 27.7. The van der Waals surface area contributed by atoms with Crippen LogP contribution < -0.4 is 75.8 Å². The molecule has 658 valence electrons. The fraction of sp³-hybridized carbons (Fsp3) is 0.0213. The number of ether oxygens (including phenoxy) is 2. The molecule has 0 amide bonds. The summed E-state index contributed by atoms with van der Waals surface area (Å²) < 4.78 is 10.4. The Labute approximate surface area is 790 Å². The summed E-state index contributed by atoms with van der Waals surface area (Å²) in [4.78, 5) is 89.0. The molecule has 0 spiro atoms. The van der Waals surface area contributed by atoms with Crippen molar-refractivity contribution < 1.29 is 9.47 Å². The molecule has 18 N–H and O–H groups in total. The van der Waals surface area contributed by atoms with E-state index in [2.05, 4.69) is 139 Å². The van der Waals surface area contributed by atoms with Crippen LogP contribution in [-0.2, 0) is 0 Å². The van der Waals surface area contributed by atoms with Gasteiger partial charge in [0, 0.05) is 62.8 Å². The number of anilines is 18. The van der Waals surface area contributed by atoms with E-state index in [9.17, 15) is 5.26 Å². The second kappa shape index (κ2) is 43.9. The van der Waals surface area contributed by atoms with Crippen molar-refractivity contribution in [2.45, 2.75) is 29.4 Å². The predicted molar refractivity (Wildman–Crippen MR) is 535 cm³/mol. The predicted octanol–water partition coefficient (Wildman–Crippen LogP) is 19.8. The van der Waals surface area contributed by atoms with Crippen molar-refractivity contribution in [2.24, 2.45) is 0 Å². The van der Waals surface area contributed by atoms with Gasteiger partial charge in [0.1, 0.15) is 17.2 Å². The summed E-state index contributed by atoms with van der Waals surface area (Å²) in [6, 6.07) is 93.8. The molecular weight excluding hydrogens is 1800 g/mol. The number of nitrogens with one attached hydrogen (secondary N) is 6. The fourth-order valence-electron chi connectivity index (χ4n) is 12.3. The first-order valence-corrected chi connectivity index (χ1v) is 46.6. The number of hydrogen-bond donors (Lipinski definition) is 12. The van der Waals surface area contributed by atoms with Gasteiger partial charge >= 0.3 is 0 Å². The van der Waals surface area contributed by atoms with Gasteiger partial charge in [0.05, 0.1) is 66.2 Å². The molecule has 34 nitrogen and oxygen atoms in total. The van der Waals surface area contributed by atoms with Gasteiger partial charge in [-0.25, -0.2) is 4.98 Å². The SMILES string of the molecule is C#Cc1cccc(-c2nc(N)nc(Nc3ccccc3SSc3ccccc3Nc3nc(N)nc(-c4cccc(C#N)c4)n3)n2)c1.COc1ccc(-c2nc(N)nc(Nc3ccccc3SSc3ccccc3Nc3nc(N)nc(-c4ccc(OC)cn4)n3)n2)cc1.Nc1nc(Nc2ccccc2SSc2ccccc2Nc2nc(N)nc(-c3ccccc3)n2)nc(-c2ccccc2)n1. The number of aromatic nitrogens is 19. The van der Waals surface area contributed by atoms with Crippen LogP contribution in [0.2, 0.25) is 0 Å². The van der Waals surface area contributed by atoms with Crippen molar-refractivity contribution in [1.82, 2.24) is 94.7 Å². The van der Waals surface area contributed by atoms with E-state index < -0.39 is 0 Å². The standard InChI is InChI=1S/C33H23N11S2.C31H27N11O2S2.C30H24N10S2/c1-2-20-9-7-11-22(17-20)28-39-30(35)43-32(41-28)37-24-13-3-5-15-26(24)45-46-27-16-6-4-14-25(27)38-33-42-29(40-31(36)44-33)23-12-8-10-21(18-23)19-34;1-43-19-13-11-18(12-14-19)26-37-28(32)41-30(39-26)35-21-7-3-5-9-24(21)45-46-25-10-6-4-8-22(25)36-31-40-27(38-29(33)42-31)23-16-15-20(44-2)17-34-23;31-27-35-25(19-11-3-1-4-12-19)37-29(39-27)33-21-15-7-9-17-23(21)41-42-24-18-10-8-16-22(24)34-30-38-26(36-28(32)40-30)20-13-5-2-6-14-20/h1,3-18H,(H3,35,37,39,41,43)(H3,36,38,40,42,44);3-17H,1-2H3,(H3,32,35,37,39,41)(H3,33,36,38,40,42);1-18H,(H3,31,33,35,37,39)(H3,32,34,36,38,40). The number of methoxy groups -OCH3 is 2. The van der Waals surface area contributed by atoms with Crippen molar-refractivity contribution in [3.63, 3.8) is 0 Å². The lowest BCUT2D eigenvalue weighted by Gasteiger charge is -2.13. The molecular formula is C94H74N32O2S6. The molecule has 0 unspecified atom stereocenters. The molecule has 0 bridgehead atoms. The molecule has 7 aromatic heterocycles. The summed E-state index contributed by atoms with van der Waals surface area (Å²) in [6.45, 7) is 0. The van der Waals surface area contributed by atoms with Crippen LogP contribution >= 0.6 is 64.8 Å². The average Bonchev–Trinajstić information content (AvgIpc) is 0.838. The van der Waals surface area contributed by atoms with Crippen molar-refractivity contribution in [2.75, 3.05) is 80.5 Å². The number of nitrogens with zero attached hydrogens (tertiary/aromatic N) is 20. The minimum Gasteiger partial charge on any atom is -0.497 e. The maximum atomic E-state index is 9.28. The van der Waals surface area contributed by atoms with Crippen molar-refractivity contribution in [1.29, 1.82) is 5.26 Å². The Morgan fingerprint density at radius 3 is 0.806 bits per heavy atom. The normalized spacial score (nSPS) is 10.7. The summed E-state index contributed by atoms with van der Waals surface area (Å²) >= 11 is 0. The minimum absolute atomic E-state index is 0.0558. The third kappa shape index (κ3) is 24.3. The number of pyridine rings is 1. The van der Waals surface area contributed by atoms with Gasteiger partial charge in [0.2, 0.25) is 71.4 Å². The van der Waals surface area contributed by atoms with Gasteiger partial charge in [-0.3, -0.25) is 0 Å². The number of nitriles is 1. The number of para-hydroxylation sites is 6. The molecule has 134 heavy (non-hydrogen) atoms. The lowest BCUT2D eigenvalue weighted by atomic mass is 10.1. The molecule has 0 radical (unpaired) electrons. The molecule has 0 saturated heterocycles. The van der Waals surface area contributed by atoms with Gasteiger partial charge in [-0.1, -0.05) is 228 Å². The van der Waals surface area contributed by atoms with Crippen LogP contribution in [0.5, 0.6) is 11.5 Å². The fourth-order valence-corrected chi connectivity index (χ4v) is 19.1. The zero-order chi connectivity index (χ0) is 92.5. The van der Waals surface area contributed by atoms with E-state index in [1.54, 1.807) is 116 Å². The Kier molecular flexibility index (Phi) is 29.6. The van der Waals surface area contributed by atoms with Gasteiger partial charge in [0.15, 0.2) is 34.9 Å². The molecule has 18 aromatic rings. The number of hydrogen-bond acceptors (Lipinski definition) is 40. The minimum atomic E-state index is 0.0558. The molecule has 7 heterocycles. The number of rotatable bonds is 29. The summed E-state index contributed by atoms with van der Waals surface area (Å²) in [5.41, 5.74) is 46.6. The molecule has 40 heteroatoms. The summed E-state index contributed by atoms with van der Waals surface area (Å²) in [5.74, 6) is 9.05. The highest BCUT2D eigenvalue weighted by atomic mass is 33.1. The first-order valence-electron chi connectivity index (χ1n) is 40.2. The van der Waals surface area contributed by atoms with Crippen LogP contribution in [0.15, 0.2) is 327 Å². The van der Waals surface area contributed by atoms with E-state index >= 15 is 0 Å². The van der Waals surface area contributed by atoms with Crippen molar-refractivity contribution >= 4 is 170 Å². The van der Waals surface area contributed by atoms with E-state index in [-0.39, 0.29) is 41.6 Å². The third-order valence-electron chi connectivity index (χ3n) is 18.5. The van der Waals surface area contributed by atoms with E-state index in [0.29, 0.717) is 92.8 Å². The van der Waals surface area contributed by atoms with E-state index in [1.165, 1.54) is 0 Å². The second-order valence-corrected chi connectivity index (χ2v) is 34.4. The first-order chi connectivity index (χ1) is 65.5. The van der Waals surface area contributed by atoms with Crippen LogP contribution in [0.1, 0.15) is 11.1 Å². The monoisotopic (exact) mass is 1870 g/mol. The number of nitrogens with two attached hydrogens (primary N) is 6. The molecule has 0 aliphatic rings. The average molecular weight is 1880 g/mol. The first kappa shape index (κ1) is 90.3. The lowest BCUT2D eigenvalue weighted by molar-refractivity contribution is 0.413. The Hall–Kier alpha value is -17.0. The van der Waals surface area contributed by atoms with Gasteiger partial charge in [0.25, 0.3) is 0 Å².